The van der Waals surface area contributed by atoms with Crippen LogP contribution >= 0.6 is 0 Å². The van der Waals surface area contributed by atoms with Gasteiger partial charge in [-0.3, -0.25) is 0 Å². The summed E-state index contributed by atoms with van der Waals surface area (Å²) in [7, 11) is -6.80. The smallest absolute Gasteiger partial charge is 0.410 e. The summed E-state index contributed by atoms with van der Waals surface area (Å²) < 4.78 is 53.4. The number of likely N-dealkylation sites (tertiary alicyclic amines) is 1. The van der Waals surface area contributed by atoms with E-state index in [9.17, 15) is 21.6 Å². The summed E-state index contributed by atoms with van der Waals surface area (Å²) >= 11 is 0. The second kappa shape index (κ2) is 9.04. The highest BCUT2D eigenvalue weighted by atomic mass is 32.2. The van der Waals surface area contributed by atoms with Crippen molar-refractivity contribution in [3.63, 3.8) is 0 Å². The van der Waals surface area contributed by atoms with Gasteiger partial charge >= 0.3 is 6.09 Å². The summed E-state index contributed by atoms with van der Waals surface area (Å²) in [5.41, 5.74) is -0.512. The van der Waals surface area contributed by atoms with Crippen LogP contribution in [0.1, 0.15) is 46.5 Å². The molecule has 0 spiro atoms. The van der Waals surface area contributed by atoms with Crippen molar-refractivity contribution in [1.29, 1.82) is 0 Å². The molecular formula is C20H31NO6S2. The number of ether oxygens (including phenoxy) is 1. The van der Waals surface area contributed by atoms with Crippen LogP contribution in [0.4, 0.5) is 4.79 Å². The molecule has 1 fully saturated rings. The third kappa shape index (κ3) is 7.29. The highest BCUT2D eigenvalue weighted by Gasteiger charge is 2.27. The lowest BCUT2D eigenvalue weighted by Crippen LogP contribution is -2.41. The molecule has 7 nitrogen and oxygen atoms in total. The quantitative estimate of drug-likeness (QED) is 0.666. The largest absolute Gasteiger partial charge is 0.444 e. The van der Waals surface area contributed by atoms with Gasteiger partial charge in [-0.2, -0.15) is 0 Å². The van der Waals surface area contributed by atoms with E-state index in [0.717, 1.165) is 25.5 Å². The van der Waals surface area contributed by atoms with Crippen molar-refractivity contribution in [3.05, 3.63) is 24.3 Å². The molecular weight excluding hydrogens is 414 g/mol. The number of benzene rings is 1. The highest BCUT2D eigenvalue weighted by molar-refractivity contribution is 7.91. The van der Waals surface area contributed by atoms with Crippen molar-refractivity contribution >= 4 is 25.8 Å². The zero-order valence-corrected chi connectivity index (χ0v) is 19.2. The molecule has 0 bridgehead atoms. The average Bonchev–Trinajstić information content (AvgIpc) is 2.60. The Morgan fingerprint density at radius 1 is 1.03 bits per heavy atom. The number of sulfone groups is 2. The van der Waals surface area contributed by atoms with Crippen LogP contribution in [0.15, 0.2) is 34.1 Å². The first-order valence-corrected chi connectivity index (χ1v) is 13.3. The zero-order chi connectivity index (χ0) is 21.9. The van der Waals surface area contributed by atoms with Gasteiger partial charge in [0, 0.05) is 19.3 Å². The summed E-state index contributed by atoms with van der Waals surface area (Å²) in [5.74, 6) is 0.411. The van der Waals surface area contributed by atoms with Gasteiger partial charge < -0.3 is 9.64 Å². The van der Waals surface area contributed by atoms with Crippen LogP contribution < -0.4 is 0 Å². The molecule has 2 rings (SSSR count). The predicted molar refractivity (Wildman–Crippen MR) is 111 cm³/mol. The Kier molecular flexibility index (Phi) is 7.37. The second-order valence-corrected chi connectivity index (χ2v) is 12.7. The van der Waals surface area contributed by atoms with E-state index in [1.54, 1.807) is 4.90 Å². The maximum absolute atomic E-state index is 12.5. The average molecular weight is 446 g/mol. The van der Waals surface area contributed by atoms with Crippen molar-refractivity contribution in [3.8, 4) is 0 Å². The fraction of sp³-hybridized carbons (Fsp3) is 0.650. The third-order valence-corrected chi connectivity index (χ3v) is 7.85. The Labute approximate surface area is 174 Å². The molecule has 1 aliphatic heterocycles. The van der Waals surface area contributed by atoms with Gasteiger partial charge in [0.05, 0.1) is 15.5 Å². The summed E-state index contributed by atoms with van der Waals surface area (Å²) in [6.45, 7) is 6.77. The van der Waals surface area contributed by atoms with E-state index in [1.807, 2.05) is 20.8 Å². The van der Waals surface area contributed by atoms with Gasteiger partial charge in [-0.15, -0.1) is 0 Å². The first-order chi connectivity index (χ1) is 13.3. The lowest BCUT2D eigenvalue weighted by molar-refractivity contribution is 0.0181. The molecule has 164 valence electrons. The lowest BCUT2D eigenvalue weighted by atomic mass is 9.93. The molecule has 1 saturated heterocycles. The monoisotopic (exact) mass is 445 g/mol. The summed E-state index contributed by atoms with van der Waals surface area (Å²) in [5, 5.41) is 0. The van der Waals surface area contributed by atoms with Crippen LogP contribution in [0.2, 0.25) is 0 Å². The van der Waals surface area contributed by atoms with Crippen molar-refractivity contribution in [1.82, 2.24) is 4.90 Å². The van der Waals surface area contributed by atoms with E-state index in [1.165, 1.54) is 24.3 Å². The minimum Gasteiger partial charge on any atom is -0.444 e. The van der Waals surface area contributed by atoms with Crippen LogP contribution in [0.25, 0.3) is 0 Å². The molecule has 1 amide bonds. The normalized spacial score (nSPS) is 16.6. The van der Waals surface area contributed by atoms with Gasteiger partial charge in [0.1, 0.15) is 5.60 Å². The molecule has 1 heterocycles. The van der Waals surface area contributed by atoms with Crippen molar-refractivity contribution in [2.45, 2.75) is 61.8 Å². The van der Waals surface area contributed by atoms with E-state index in [4.69, 9.17) is 4.74 Å². The fourth-order valence-electron chi connectivity index (χ4n) is 3.30. The maximum atomic E-state index is 12.5. The molecule has 0 radical (unpaired) electrons. The number of hydrogen-bond donors (Lipinski definition) is 0. The highest BCUT2D eigenvalue weighted by Crippen LogP contribution is 2.24. The van der Waals surface area contributed by atoms with E-state index >= 15 is 0 Å². The van der Waals surface area contributed by atoms with Crippen LogP contribution in [-0.4, -0.2) is 58.5 Å². The molecule has 0 aromatic heterocycles. The zero-order valence-electron chi connectivity index (χ0n) is 17.5. The Morgan fingerprint density at radius 2 is 1.55 bits per heavy atom. The molecule has 29 heavy (non-hydrogen) atoms. The van der Waals surface area contributed by atoms with Crippen LogP contribution in [0.3, 0.4) is 0 Å². The molecule has 1 aliphatic rings. The van der Waals surface area contributed by atoms with Crippen molar-refractivity contribution in [2.75, 3.05) is 25.1 Å². The summed E-state index contributed by atoms with van der Waals surface area (Å²) in [6, 6.07) is 5.36. The van der Waals surface area contributed by atoms with Gasteiger partial charge in [0.2, 0.25) is 0 Å². The second-order valence-electron chi connectivity index (χ2n) is 8.62. The maximum Gasteiger partial charge on any atom is 0.410 e. The SMILES string of the molecule is CC(C)(C)OC(=O)N1CCC(CCCS(=O)(=O)c2ccc(S(C)(=O)=O)cc2)CC1. The minimum absolute atomic E-state index is 0.0253. The molecule has 0 atom stereocenters. The molecule has 1 aromatic rings. The Morgan fingerprint density at radius 3 is 2.03 bits per heavy atom. The Bertz CT molecular complexity index is 907. The van der Waals surface area contributed by atoms with Gasteiger partial charge in [-0.25, -0.2) is 21.6 Å². The van der Waals surface area contributed by atoms with Crippen LogP contribution in [-0.2, 0) is 24.4 Å². The van der Waals surface area contributed by atoms with E-state index in [2.05, 4.69) is 0 Å². The van der Waals surface area contributed by atoms with Crippen molar-refractivity contribution < 1.29 is 26.4 Å². The number of amides is 1. The molecule has 0 saturated carbocycles. The molecule has 0 unspecified atom stereocenters. The topological polar surface area (TPSA) is 97.8 Å². The molecule has 1 aromatic carbocycles. The number of piperidine rings is 1. The number of rotatable bonds is 6. The number of carbonyl (C=O) groups is 1. The fourth-order valence-corrected chi connectivity index (χ4v) is 5.27. The van der Waals surface area contributed by atoms with E-state index in [-0.39, 0.29) is 21.6 Å². The van der Waals surface area contributed by atoms with Gasteiger partial charge in [0.25, 0.3) is 0 Å². The van der Waals surface area contributed by atoms with Gasteiger partial charge in [0.15, 0.2) is 19.7 Å². The number of hydrogen-bond acceptors (Lipinski definition) is 6. The minimum atomic E-state index is -3.45. The molecule has 9 heteroatoms. The van der Waals surface area contributed by atoms with Gasteiger partial charge in [-0.05, 0) is 76.6 Å². The summed E-state index contributed by atoms with van der Waals surface area (Å²) in [6.07, 6.45) is 3.78. The third-order valence-electron chi connectivity index (χ3n) is 4.90. The number of carbonyl (C=O) groups excluding carboxylic acids is 1. The lowest BCUT2D eigenvalue weighted by Gasteiger charge is -2.33. The molecule has 0 N–H and O–H groups in total. The van der Waals surface area contributed by atoms with E-state index < -0.39 is 25.3 Å². The van der Waals surface area contributed by atoms with Crippen LogP contribution in [0, 0.1) is 5.92 Å². The molecule has 0 aliphatic carbocycles. The van der Waals surface area contributed by atoms with Gasteiger partial charge in [-0.1, -0.05) is 0 Å². The van der Waals surface area contributed by atoms with E-state index in [0.29, 0.717) is 25.4 Å². The predicted octanol–water partition coefficient (Wildman–Crippen LogP) is 3.29. The Balaban J connectivity index is 1.81. The first kappa shape index (κ1) is 23.7. The first-order valence-electron chi connectivity index (χ1n) is 9.79. The Hall–Kier alpha value is -1.61. The summed E-state index contributed by atoms with van der Waals surface area (Å²) in [4.78, 5) is 14.1. The van der Waals surface area contributed by atoms with Crippen LogP contribution in [0.5, 0.6) is 0 Å². The standard InChI is InChI=1S/C20H31NO6S2/c1-20(2,3)27-19(22)21-13-11-16(12-14-21)6-5-15-29(25,26)18-9-7-17(8-10-18)28(4,23)24/h7-10,16H,5-6,11-15H2,1-4H3. The number of nitrogens with zero attached hydrogens (tertiary/aromatic N) is 1. The van der Waals surface area contributed by atoms with Crippen molar-refractivity contribution in [2.24, 2.45) is 5.92 Å².